The molecule has 0 aliphatic rings. The van der Waals surface area contributed by atoms with Crippen LogP contribution in [0.1, 0.15) is 15.9 Å². The van der Waals surface area contributed by atoms with E-state index in [-0.39, 0.29) is 5.91 Å². The highest BCUT2D eigenvalue weighted by molar-refractivity contribution is 9.10. The van der Waals surface area contributed by atoms with Gasteiger partial charge >= 0.3 is 0 Å². The summed E-state index contributed by atoms with van der Waals surface area (Å²) in [6, 6.07) is 21.1. The Labute approximate surface area is 149 Å². The van der Waals surface area contributed by atoms with E-state index in [0.717, 1.165) is 16.0 Å². The van der Waals surface area contributed by atoms with Gasteiger partial charge in [0.25, 0.3) is 5.91 Å². The Bertz CT molecular complexity index is 802. The Morgan fingerprint density at radius 1 is 0.958 bits per heavy atom. The maximum atomic E-state index is 12.2. The lowest BCUT2D eigenvalue weighted by molar-refractivity contribution is 0.102. The number of rotatable bonds is 5. The van der Waals surface area contributed by atoms with Gasteiger partial charge in [-0.2, -0.15) is 0 Å². The van der Waals surface area contributed by atoms with Crippen molar-refractivity contribution in [2.24, 2.45) is 0 Å². The van der Waals surface area contributed by atoms with Crippen LogP contribution >= 0.6 is 15.9 Å². The fourth-order valence-electron chi connectivity index (χ4n) is 2.16. The van der Waals surface area contributed by atoms with Crippen LogP contribution in [-0.4, -0.2) is 10.9 Å². The molecule has 5 heteroatoms. The summed E-state index contributed by atoms with van der Waals surface area (Å²) in [7, 11) is 0. The molecule has 2 N–H and O–H groups in total. The molecular weight excluding hydrogens is 366 g/mol. The molecule has 0 unspecified atom stereocenters. The summed E-state index contributed by atoms with van der Waals surface area (Å²) in [5.74, 6) is 0.554. The summed E-state index contributed by atoms with van der Waals surface area (Å²) in [4.78, 5) is 16.5. The molecule has 0 fully saturated rings. The van der Waals surface area contributed by atoms with Crippen molar-refractivity contribution in [2.75, 3.05) is 10.6 Å². The van der Waals surface area contributed by atoms with Gasteiger partial charge in [0.05, 0.1) is 5.56 Å². The highest BCUT2D eigenvalue weighted by Gasteiger charge is 2.06. The maximum absolute atomic E-state index is 12.2. The number of benzene rings is 2. The molecule has 0 saturated carbocycles. The van der Waals surface area contributed by atoms with Gasteiger partial charge in [0.15, 0.2) is 0 Å². The van der Waals surface area contributed by atoms with E-state index in [1.165, 1.54) is 5.56 Å². The lowest BCUT2D eigenvalue weighted by atomic mass is 10.2. The van der Waals surface area contributed by atoms with Gasteiger partial charge in [-0.3, -0.25) is 4.79 Å². The summed E-state index contributed by atoms with van der Waals surface area (Å²) < 4.78 is 0.969. The van der Waals surface area contributed by atoms with Gasteiger partial charge in [-0.05, 0) is 42.0 Å². The zero-order valence-corrected chi connectivity index (χ0v) is 14.5. The van der Waals surface area contributed by atoms with Crippen molar-refractivity contribution in [1.29, 1.82) is 0 Å². The van der Waals surface area contributed by atoms with Crippen molar-refractivity contribution in [1.82, 2.24) is 4.98 Å². The number of carbonyl (C=O) groups excluding carboxylic acids is 1. The average molecular weight is 382 g/mol. The zero-order chi connectivity index (χ0) is 16.8. The molecule has 0 bridgehead atoms. The SMILES string of the molecule is O=C(Nc1ccc(Br)cc1)c1ccc(NCc2ccccc2)nc1. The molecule has 4 nitrogen and oxygen atoms in total. The molecule has 0 radical (unpaired) electrons. The Kier molecular flexibility index (Phi) is 5.23. The van der Waals surface area contributed by atoms with Gasteiger partial charge in [-0.1, -0.05) is 46.3 Å². The number of carbonyl (C=O) groups is 1. The van der Waals surface area contributed by atoms with Crippen LogP contribution in [0, 0.1) is 0 Å². The second-order valence-electron chi connectivity index (χ2n) is 5.23. The van der Waals surface area contributed by atoms with Gasteiger partial charge in [-0.15, -0.1) is 0 Å². The Morgan fingerprint density at radius 2 is 1.71 bits per heavy atom. The van der Waals surface area contributed by atoms with Crippen molar-refractivity contribution < 1.29 is 4.79 Å². The number of hydrogen-bond acceptors (Lipinski definition) is 3. The van der Waals surface area contributed by atoms with Gasteiger partial charge < -0.3 is 10.6 Å². The van der Waals surface area contributed by atoms with E-state index in [0.29, 0.717) is 12.1 Å². The van der Waals surface area contributed by atoms with Crippen molar-refractivity contribution in [2.45, 2.75) is 6.54 Å². The molecule has 0 spiro atoms. The predicted molar refractivity (Wildman–Crippen MR) is 100 cm³/mol. The lowest BCUT2D eigenvalue weighted by Crippen LogP contribution is -2.12. The van der Waals surface area contributed by atoms with E-state index in [1.54, 1.807) is 18.3 Å². The molecule has 0 saturated heterocycles. The Balaban J connectivity index is 1.59. The number of pyridine rings is 1. The first-order chi connectivity index (χ1) is 11.7. The second-order valence-corrected chi connectivity index (χ2v) is 6.15. The van der Waals surface area contributed by atoms with Crippen molar-refractivity contribution >= 4 is 33.3 Å². The first-order valence-electron chi connectivity index (χ1n) is 7.51. The molecule has 0 atom stereocenters. The number of nitrogens with one attached hydrogen (secondary N) is 2. The smallest absolute Gasteiger partial charge is 0.257 e. The van der Waals surface area contributed by atoms with E-state index < -0.39 is 0 Å². The third-order valence-corrected chi connectivity index (χ3v) is 3.97. The minimum absolute atomic E-state index is 0.181. The van der Waals surface area contributed by atoms with Crippen LogP contribution in [-0.2, 0) is 6.54 Å². The van der Waals surface area contributed by atoms with Crippen molar-refractivity contribution in [3.05, 3.63) is 88.5 Å². The molecule has 3 rings (SSSR count). The number of halogens is 1. The van der Waals surface area contributed by atoms with E-state index in [4.69, 9.17) is 0 Å². The van der Waals surface area contributed by atoms with Gasteiger partial charge in [0, 0.05) is 22.9 Å². The molecular formula is C19H16BrN3O. The first-order valence-corrected chi connectivity index (χ1v) is 8.31. The predicted octanol–water partition coefficient (Wildman–Crippen LogP) is 4.71. The van der Waals surface area contributed by atoms with Crippen LogP contribution < -0.4 is 10.6 Å². The van der Waals surface area contributed by atoms with Crippen LogP contribution in [0.3, 0.4) is 0 Å². The second kappa shape index (κ2) is 7.75. The topological polar surface area (TPSA) is 54.0 Å². The maximum Gasteiger partial charge on any atom is 0.257 e. The number of nitrogens with zero attached hydrogens (tertiary/aromatic N) is 1. The summed E-state index contributed by atoms with van der Waals surface area (Å²) >= 11 is 3.37. The number of aromatic nitrogens is 1. The summed E-state index contributed by atoms with van der Waals surface area (Å²) in [6.45, 7) is 0.693. The van der Waals surface area contributed by atoms with Crippen LogP contribution in [0.25, 0.3) is 0 Å². The van der Waals surface area contributed by atoms with E-state index in [1.807, 2.05) is 54.6 Å². The highest BCUT2D eigenvalue weighted by atomic mass is 79.9. The quantitative estimate of drug-likeness (QED) is 0.672. The fraction of sp³-hybridized carbons (Fsp3) is 0.0526. The number of hydrogen-bond donors (Lipinski definition) is 2. The van der Waals surface area contributed by atoms with Crippen LogP contribution in [0.4, 0.5) is 11.5 Å². The van der Waals surface area contributed by atoms with Crippen LogP contribution in [0.5, 0.6) is 0 Å². The molecule has 24 heavy (non-hydrogen) atoms. The number of anilines is 2. The van der Waals surface area contributed by atoms with E-state index >= 15 is 0 Å². The van der Waals surface area contributed by atoms with E-state index in [2.05, 4.69) is 31.5 Å². The van der Waals surface area contributed by atoms with E-state index in [9.17, 15) is 4.79 Å². The van der Waals surface area contributed by atoms with Gasteiger partial charge in [0.1, 0.15) is 5.82 Å². The standard InChI is InChI=1S/C19H16BrN3O/c20-16-7-9-17(10-8-16)23-19(24)15-6-11-18(22-13-15)21-12-14-4-2-1-3-5-14/h1-11,13H,12H2,(H,21,22)(H,23,24). The first kappa shape index (κ1) is 16.2. The fourth-order valence-corrected chi connectivity index (χ4v) is 2.42. The minimum atomic E-state index is -0.181. The molecule has 0 aliphatic heterocycles. The van der Waals surface area contributed by atoms with Gasteiger partial charge in [-0.25, -0.2) is 4.98 Å². The highest BCUT2D eigenvalue weighted by Crippen LogP contribution is 2.15. The number of amides is 1. The summed E-state index contributed by atoms with van der Waals surface area (Å²) in [5.41, 5.74) is 2.44. The van der Waals surface area contributed by atoms with Crippen molar-refractivity contribution in [3.8, 4) is 0 Å². The lowest BCUT2D eigenvalue weighted by Gasteiger charge is -2.08. The van der Waals surface area contributed by atoms with Crippen LogP contribution in [0.2, 0.25) is 0 Å². The van der Waals surface area contributed by atoms with Crippen LogP contribution in [0.15, 0.2) is 77.4 Å². The normalized spacial score (nSPS) is 10.2. The summed E-state index contributed by atoms with van der Waals surface area (Å²) in [5, 5.41) is 6.08. The third-order valence-electron chi connectivity index (χ3n) is 3.44. The summed E-state index contributed by atoms with van der Waals surface area (Å²) in [6.07, 6.45) is 1.57. The molecule has 120 valence electrons. The Hall–Kier alpha value is -2.66. The molecule has 3 aromatic rings. The average Bonchev–Trinajstić information content (AvgIpc) is 2.63. The van der Waals surface area contributed by atoms with Gasteiger partial charge in [0.2, 0.25) is 0 Å². The zero-order valence-electron chi connectivity index (χ0n) is 12.9. The molecule has 2 aromatic carbocycles. The minimum Gasteiger partial charge on any atom is -0.366 e. The molecule has 0 aliphatic carbocycles. The van der Waals surface area contributed by atoms with Crippen molar-refractivity contribution in [3.63, 3.8) is 0 Å². The monoisotopic (exact) mass is 381 g/mol. The molecule has 1 amide bonds. The Morgan fingerprint density at radius 3 is 2.38 bits per heavy atom. The molecule has 1 heterocycles. The molecule has 1 aromatic heterocycles. The third kappa shape index (κ3) is 4.43. The largest absolute Gasteiger partial charge is 0.366 e.